The van der Waals surface area contributed by atoms with Crippen molar-refractivity contribution in [3.05, 3.63) is 70.2 Å². The van der Waals surface area contributed by atoms with E-state index in [0.29, 0.717) is 6.61 Å². The molecule has 0 amide bonds. The number of rotatable bonds is 7. The maximum Gasteiger partial charge on any atom is 0.0719 e. The summed E-state index contributed by atoms with van der Waals surface area (Å²) in [4.78, 5) is 0. The van der Waals surface area contributed by atoms with E-state index in [1.807, 2.05) is 25.1 Å². The standard InChI is InChI=1S/C18H22ClNO/c1-3-21-13-17-8-5-4-7-16(17)12-20-14(2)15-9-6-10-18(19)11-15/h4-11,14,20H,3,12-13H2,1-2H3. The summed E-state index contributed by atoms with van der Waals surface area (Å²) in [5.41, 5.74) is 3.72. The van der Waals surface area contributed by atoms with E-state index in [9.17, 15) is 0 Å². The van der Waals surface area contributed by atoms with Crippen LogP contribution >= 0.6 is 11.6 Å². The van der Waals surface area contributed by atoms with Gasteiger partial charge in [-0.15, -0.1) is 0 Å². The molecule has 0 aliphatic rings. The fourth-order valence-corrected chi connectivity index (χ4v) is 2.44. The Morgan fingerprint density at radius 2 is 1.86 bits per heavy atom. The van der Waals surface area contributed by atoms with E-state index < -0.39 is 0 Å². The summed E-state index contributed by atoms with van der Waals surface area (Å²) in [5, 5.41) is 4.32. The molecule has 112 valence electrons. The Morgan fingerprint density at radius 1 is 1.10 bits per heavy atom. The second kappa shape index (κ2) is 8.18. The van der Waals surface area contributed by atoms with Gasteiger partial charge in [-0.25, -0.2) is 0 Å². The van der Waals surface area contributed by atoms with Gasteiger partial charge in [-0.2, -0.15) is 0 Å². The monoisotopic (exact) mass is 303 g/mol. The normalized spacial score (nSPS) is 12.3. The molecule has 1 N–H and O–H groups in total. The minimum atomic E-state index is 0.254. The van der Waals surface area contributed by atoms with Gasteiger partial charge in [-0.3, -0.25) is 0 Å². The van der Waals surface area contributed by atoms with Gasteiger partial charge in [0, 0.05) is 24.2 Å². The molecule has 0 fully saturated rings. The average Bonchev–Trinajstić information content (AvgIpc) is 2.51. The number of benzene rings is 2. The van der Waals surface area contributed by atoms with Crippen molar-refractivity contribution in [1.29, 1.82) is 0 Å². The summed E-state index contributed by atoms with van der Waals surface area (Å²) in [7, 11) is 0. The zero-order valence-electron chi connectivity index (χ0n) is 12.6. The highest BCUT2D eigenvalue weighted by Gasteiger charge is 2.07. The highest BCUT2D eigenvalue weighted by atomic mass is 35.5. The molecule has 0 aliphatic carbocycles. The predicted octanol–water partition coefficient (Wildman–Crippen LogP) is 4.73. The van der Waals surface area contributed by atoms with Gasteiger partial charge < -0.3 is 10.1 Å². The zero-order valence-corrected chi connectivity index (χ0v) is 13.4. The molecule has 0 radical (unpaired) electrons. The molecular formula is C18H22ClNO. The Labute approximate surface area is 132 Å². The minimum Gasteiger partial charge on any atom is -0.377 e. The lowest BCUT2D eigenvalue weighted by Gasteiger charge is -2.16. The molecule has 2 rings (SSSR count). The summed E-state index contributed by atoms with van der Waals surface area (Å²) < 4.78 is 5.52. The lowest BCUT2D eigenvalue weighted by atomic mass is 10.1. The van der Waals surface area contributed by atoms with Crippen molar-refractivity contribution in [2.45, 2.75) is 33.0 Å². The van der Waals surface area contributed by atoms with E-state index in [4.69, 9.17) is 16.3 Å². The molecule has 3 heteroatoms. The van der Waals surface area contributed by atoms with Crippen molar-refractivity contribution in [2.75, 3.05) is 6.61 Å². The first kappa shape index (κ1) is 16.0. The molecule has 1 unspecified atom stereocenters. The van der Waals surface area contributed by atoms with Crippen LogP contribution in [0, 0.1) is 0 Å². The topological polar surface area (TPSA) is 21.3 Å². The van der Waals surface area contributed by atoms with Crippen molar-refractivity contribution in [1.82, 2.24) is 5.32 Å². The third-order valence-electron chi connectivity index (χ3n) is 3.53. The van der Waals surface area contributed by atoms with Crippen LogP contribution < -0.4 is 5.32 Å². The zero-order chi connectivity index (χ0) is 15.1. The number of hydrogen-bond acceptors (Lipinski definition) is 2. The fourth-order valence-electron chi connectivity index (χ4n) is 2.24. The molecule has 0 spiro atoms. The van der Waals surface area contributed by atoms with E-state index >= 15 is 0 Å². The minimum absolute atomic E-state index is 0.254. The van der Waals surface area contributed by atoms with Crippen LogP contribution in [0.15, 0.2) is 48.5 Å². The molecule has 0 aliphatic heterocycles. The summed E-state index contributed by atoms with van der Waals surface area (Å²) in [6.07, 6.45) is 0. The molecule has 2 nitrogen and oxygen atoms in total. The number of halogens is 1. The first-order valence-corrected chi connectivity index (χ1v) is 7.72. The van der Waals surface area contributed by atoms with Crippen LogP contribution in [0.1, 0.15) is 36.6 Å². The predicted molar refractivity (Wildman–Crippen MR) is 88.5 cm³/mol. The molecule has 0 saturated carbocycles. The third-order valence-corrected chi connectivity index (χ3v) is 3.76. The summed E-state index contributed by atoms with van der Waals surface area (Å²) in [6, 6.07) is 16.6. The molecule has 2 aromatic carbocycles. The van der Waals surface area contributed by atoms with Gasteiger partial charge in [0.15, 0.2) is 0 Å². The second-order valence-corrected chi connectivity index (χ2v) is 5.50. The summed E-state index contributed by atoms with van der Waals surface area (Å²) in [6.45, 7) is 6.39. The summed E-state index contributed by atoms with van der Waals surface area (Å²) >= 11 is 6.04. The van der Waals surface area contributed by atoms with Crippen molar-refractivity contribution in [2.24, 2.45) is 0 Å². The smallest absolute Gasteiger partial charge is 0.0719 e. The maximum atomic E-state index is 6.04. The molecule has 1 atom stereocenters. The number of hydrogen-bond donors (Lipinski definition) is 1. The Hall–Kier alpha value is -1.35. The fraction of sp³-hybridized carbons (Fsp3) is 0.333. The molecule has 21 heavy (non-hydrogen) atoms. The van der Waals surface area contributed by atoms with Crippen molar-refractivity contribution in [3.63, 3.8) is 0 Å². The van der Waals surface area contributed by atoms with Crippen LogP contribution in [0.2, 0.25) is 5.02 Å². The molecule has 0 bridgehead atoms. The van der Waals surface area contributed by atoms with Crippen molar-refractivity contribution >= 4 is 11.6 Å². The quantitative estimate of drug-likeness (QED) is 0.798. The van der Waals surface area contributed by atoms with Gasteiger partial charge in [0.1, 0.15) is 0 Å². The van der Waals surface area contributed by atoms with E-state index in [-0.39, 0.29) is 6.04 Å². The SMILES string of the molecule is CCOCc1ccccc1CNC(C)c1cccc(Cl)c1. The van der Waals surface area contributed by atoms with Crippen LogP contribution in [0.5, 0.6) is 0 Å². The van der Waals surface area contributed by atoms with Gasteiger partial charge in [0.2, 0.25) is 0 Å². The van der Waals surface area contributed by atoms with E-state index in [1.165, 1.54) is 16.7 Å². The highest BCUT2D eigenvalue weighted by Crippen LogP contribution is 2.18. The average molecular weight is 304 g/mol. The van der Waals surface area contributed by atoms with Gasteiger partial charge in [-0.05, 0) is 42.7 Å². The Kier molecular flexibility index (Phi) is 6.24. The van der Waals surface area contributed by atoms with Crippen LogP contribution in [0.4, 0.5) is 0 Å². The van der Waals surface area contributed by atoms with E-state index in [1.54, 1.807) is 0 Å². The highest BCUT2D eigenvalue weighted by molar-refractivity contribution is 6.30. The number of nitrogens with one attached hydrogen (secondary N) is 1. The largest absolute Gasteiger partial charge is 0.377 e. The maximum absolute atomic E-state index is 6.04. The Bertz CT molecular complexity index is 571. The van der Waals surface area contributed by atoms with Gasteiger partial charge in [0.05, 0.1) is 6.61 Å². The number of ether oxygens (including phenoxy) is 1. The van der Waals surface area contributed by atoms with E-state index in [2.05, 4.69) is 42.6 Å². The Balaban J connectivity index is 1.99. The molecular weight excluding hydrogens is 282 g/mol. The van der Waals surface area contributed by atoms with Crippen molar-refractivity contribution < 1.29 is 4.74 Å². The second-order valence-electron chi connectivity index (χ2n) is 5.06. The first-order chi connectivity index (χ1) is 10.2. The van der Waals surface area contributed by atoms with E-state index in [0.717, 1.165) is 18.2 Å². The van der Waals surface area contributed by atoms with Crippen LogP contribution in [-0.2, 0) is 17.9 Å². The lowest BCUT2D eigenvalue weighted by Crippen LogP contribution is -2.19. The van der Waals surface area contributed by atoms with Gasteiger partial charge >= 0.3 is 0 Å². The van der Waals surface area contributed by atoms with Crippen LogP contribution in [0.25, 0.3) is 0 Å². The third kappa shape index (κ3) is 4.85. The Morgan fingerprint density at radius 3 is 2.57 bits per heavy atom. The van der Waals surface area contributed by atoms with Crippen LogP contribution in [0.3, 0.4) is 0 Å². The lowest BCUT2D eigenvalue weighted by molar-refractivity contribution is 0.133. The van der Waals surface area contributed by atoms with Gasteiger partial charge in [0.25, 0.3) is 0 Å². The molecule has 0 heterocycles. The summed E-state index contributed by atoms with van der Waals surface area (Å²) in [5.74, 6) is 0. The first-order valence-electron chi connectivity index (χ1n) is 7.34. The molecule has 0 aromatic heterocycles. The van der Waals surface area contributed by atoms with Crippen LogP contribution in [-0.4, -0.2) is 6.61 Å². The van der Waals surface area contributed by atoms with Gasteiger partial charge in [-0.1, -0.05) is 48.0 Å². The van der Waals surface area contributed by atoms with Crippen molar-refractivity contribution in [3.8, 4) is 0 Å². The molecule has 0 saturated heterocycles. The molecule has 2 aromatic rings.